The van der Waals surface area contributed by atoms with Crippen molar-refractivity contribution in [3.05, 3.63) is 12.2 Å². The van der Waals surface area contributed by atoms with E-state index in [0.29, 0.717) is 6.42 Å². The Morgan fingerprint density at radius 3 is 1.64 bits per heavy atom. The molecule has 12 nitrogen and oxygen atoms in total. The highest BCUT2D eigenvalue weighted by Gasteiger charge is 2.45. The van der Waals surface area contributed by atoms with E-state index in [0.717, 1.165) is 38.5 Å². The molecule has 53 heavy (non-hydrogen) atoms. The zero-order valence-corrected chi connectivity index (χ0v) is 33.9. The number of carbonyl (C=O) groups is 1. The zero-order chi connectivity index (χ0) is 39.2. The fourth-order valence-corrected chi connectivity index (χ4v) is 6.95. The number of amides is 1. The first-order valence-corrected chi connectivity index (χ1v) is 22.4. The van der Waals surface area contributed by atoms with Crippen LogP contribution in [0.5, 0.6) is 0 Å². The van der Waals surface area contributed by atoms with Crippen LogP contribution in [0.4, 0.5) is 0 Å². The van der Waals surface area contributed by atoms with Gasteiger partial charge in [-0.25, -0.2) is 8.42 Å². The van der Waals surface area contributed by atoms with Gasteiger partial charge in [-0.15, -0.1) is 0 Å². The van der Waals surface area contributed by atoms with Gasteiger partial charge in [0, 0.05) is 6.42 Å². The van der Waals surface area contributed by atoms with Crippen molar-refractivity contribution < 1.29 is 51.8 Å². The lowest BCUT2D eigenvalue weighted by atomic mass is 9.99. The van der Waals surface area contributed by atoms with Gasteiger partial charge in [0.05, 0.1) is 25.4 Å². The van der Waals surface area contributed by atoms with Gasteiger partial charge in [-0.2, -0.15) is 0 Å². The van der Waals surface area contributed by atoms with Crippen molar-refractivity contribution >= 4 is 16.3 Å². The Morgan fingerprint density at radius 1 is 0.717 bits per heavy atom. The van der Waals surface area contributed by atoms with E-state index in [1.54, 1.807) is 6.08 Å². The van der Waals surface area contributed by atoms with Gasteiger partial charge in [-0.1, -0.05) is 167 Å². The summed E-state index contributed by atoms with van der Waals surface area (Å²) in [4.78, 5) is 12.9. The molecule has 0 aliphatic carbocycles. The summed E-state index contributed by atoms with van der Waals surface area (Å²) in [6.07, 6.45) is 24.2. The monoisotopic (exact) mass is 779 g/mol. The van der Waals surface area contributed by atoms with E-state index in [1.807, 2.05) is 6.08 Å². The lowest BCUT2D eigenvalue weighted by molar-refractivity contribution is -0.301. The Balaban J connectivity index is 2.56. The Hall–Kier alpha value is -1.16. The van der Waals surface area contributed by atoms with E-state index < -0.39 is 59.9 Å². The smallest absolute Gasteiger partial charge is 0.220 e. The average Bonchev–Trinajstić information content (AvgIpc) is 3.12. The molecule has 0 aromatic rings. The summed E-state index contributed by atoms with van der Waals surface area (Å²) in [6, 6.07) is -0.922. The number of hydrogen-bond donors (Lipinski definition) is 5. The predicted octanol–water partition coefficient (Wildman–Crippen LogP) is 6.87. The number of nitrogens with one attached hydrogen (secondary N) is 1. The molecule has 0 bridgehead atoms. The maximum absolute atomic E-state index is 12.9. The fourth-order valence-electron chi connectivity index (χ4n) is 6.64. The van der Waals surface area contributed by atoms with Crippen molar-refractivity contribution in [2.24, 2.45) is 0 Å². The minimum absolute atomic E-state index is 0.257. The molecule has 0 radical (unpaired) electrons. The Labute approximate surface area is 321 Å². The summed E-state index contributed by atoms with van der Waals surface area (Å²) in [7, 11) is -5.11. The minimum atomic E-state index is -5.11. The Kier molecular flexibility index (Phi) is 30.1. The first-order chi connectivity index (χ1) is 25.5. The highest BCUT2D eigenvalue weighted by molar-refractivity contribution is 7.80. The molecule has 1 fully saturated rings. The van der Waals surface area contributed by atoms with Gasteiger partial charge in [0.15, 0.2) is 6.29 Å². The third kappa shape index (κ3) is 26.4. The quantitative estimate of drug-likeness (QED) is 0.0195. The lowest BCUT2D eigenvalue weighted by Gasteiger charge is -2.40. The molecule has 1 rings (SSSR count). The normalized spacial score (nSPS) is 22.0. The van der Waals surface area contributed by atoms with Crippen molar-refractivity contribution in [1.29, 1.82) is 0 Å². The standard InChI is InChI=1S/C40H77NO11S/c1-3-5-7-9-11-13-15-17-19-21-23-25-27-29-34(42)33(31-50-40-39(46)38(45)37(44)35(52-40)32-51-53(47,48)49)41-36(43)30-28-26-24-22-20-18-16-14-12-10-8-6-4-2/h27,29,33-35,37-40,42,44-46H,3-26,28,30-32H2,1-2H3,(H,41,43)(H,47,48,49)/p-1/b29-27+/t33-,34+,35?,37?,38?,39?,40?/m0/s1. The molecule has 0 saturated carbocycles. The second-order valence-corrected chi connectivity index (χ2v) is 16.0. The molecule has 5 N–H and O–H groups in total. The molecule has 1 amide bonds. The fraction of sp³-hybridized carbons (Fsp3) is 0.925. The number of unbranched alkanes of at least 4 members (excludes halogenated alkanes) is 23. The van der Waals surface area contributed by atoms with Crippen molar-refractivity contribution in [2.75, 3.05) is 13.2 Å². The number of hydrogen-bond acceptors (Lipinski definition) is 11. The molecule has 1 saturated heterocycles. The van der Waals surface area contributed by atoms with Crippen LogP contribution in [0, 0.1) is 0 Å². The second-order valence-electron chi connectivity index (χ2n) is 15.0. The highest BCUT2D eigenvalue weighted by atomic mass is 32.3. The van der Waals surface area contributed by atoms with Gasteiger partial charge >= 0.3 is 0 Å². The van der Waals surface area contributed by atoms with Gasteiger partial charge in [0.2, 0.25) is 16.3 Å². The van der Waals surface area contributed by atoms with E-state index in [1.165, 1.54) is 116 Å². The van der Waals surface area contributed by atoms with E-state index in [4.69, 9.17) is 9.47 Å². The van der Waals surface area contributed by atoms with Crippen LogP contribution >= 0.6 is 0 Å². The molecule has 1 aliphatic heterocycles. The van der Waals surface area contributed by atoms with Crippen molar-refractivity contribution in [3.8, 4) is 0 Å². The number of rotatable bonds is 35. The van der Waals surface area contributed by atoms with Crippen molar-refractivity contribution in [2.45, 2.75) is 224 Å². The summed E-state index contributed by atoms with van der Waals surface area (Å²) < 4.78 is 48.0. The van der Waals surface area contributed by atoms with Crippen molar-refractivity contribution in [3.63, 3.8) is 0 Å². The molecule has 5 unspecified atom stereocenters. The topological polar surface area (TPSA) is 195 Å². The molecule has 13 heteroatoms. The van der Waals surface area contributed by atoms with Crippen LogP contribution < -0.4 is 5.32 Å². The summed E-state index contributed by atoms with van der Waals surface area (Å²) in [5, 5.41) is 44.8. The third-order valence-corrected chi connectivity index (χ3v) is 10.5. The summed E-state index contributed by atoms with van der Waals surface area (Å²) in [6.45, 7) is 3.24. The molecule has 1 heterocycles. The minimum Gasteiger partial charge on any atom is -0.726 e. The molecule has 7 atom stereocenters. The van der Waals surface area contributed by atoms with Gasteiger partial charge in [0.1, 0.15) is 24.4 Å². The molecule has 1 aliphatic rings. The maximum atomic E-state index is 12.9. The molecule has 0 aromatic carbocycles. The third-order valence-electron chi connectivity index (χ3n) is 10.1. The van der Waals surface area contributed by atoms with Crippen LogP contribution in [0.25, 0.3) is 0 Å². The molecule has 0 spiro atoms. The highest BCUT2D eigenvalue weighted by Crippen LogP contribution is 2.23. The average molecular weight is 779 g/mol. The van der Waals surface area contributed by atoms with Crippen LogP contribution in [-0.2, 0) is 28.9 Å². The predicted molar refractivity (Wildman–Crippen MR) is 207 cm³/mol. The molecule has 314 valence electrons. The number of allylic oxidation sites excluding steroid dienone is 1. The van der Waals surface area contributed by atoms with Crippen LogP contribution in [0.3, 0.4) is 0 Å². The van der Waals surface area contributed by atoms with Gasteiger partial charge in [-0.05, 0) is 19.3 Å². The van der Waals surface area contributed by atoms with Gasteiger partial charge in [-0.3, -0.25) is 8.98 Å². The lowest BCUT2D eigenvalue weighted by Crippen LogP contribution is -2.60. The Bertz CT molecular complexity index is 1010. The molecular weight excluding hydrogens is 703 g/mol. The van der Waals surface area contributed by atoms with Crippen LogP contribution in [-0.4, -0.2) is 95.4 Å². The van der Waals surface area contributed by atoms with E-state index in [-0.39, 0.29) is 18.9 Å². The summed E-state index contributed by atoms with van der Waals surface area (Å²) >= 11 is 0. The SMILES string of the molecule is CCCCCCCCCCCCC/C=C/[C@@H](O)[C@H](COC1OC(COS(=O)(=O)[O-])C(O)C(O)C1O)NC(=O)CCCCCCCCCCCCCCC. The van der Waals surface area contributed by atoms with E-state index in [2.05, 4.69) is 23.3 Å². The van der Waals surface area contributed by atoms with Crippen LogP contribution in [0.15, 0.2) is 12.2 Å². The van der Waals surface area contributed by atoms with E-state index in [9.17, 15) is 38.2 Å². The molecule has 0 aromatic heterocycles. The number of carbonyl (C=O) groups excluding carboxylic acids is 1. The Morgan fingerprint density at radius 2 is 1.17 bits per heavy atom. The van der Waals surface area contributed by atoms with Crippen LogP contribution in [0.2, 0.25) is 0 Å². The largest absolute Gasteiger partial charge is 0.726 e. The van der Waals surface area contributed by atoms with Crippen LogP contribution in [0.1, 0.15) is 181 Å². The van der Waals surface area contributed by atoms with Crippen molar-refractivity contribution in [1.82, 2.24) is 5.32 Å². The molecular formula is C40H76NO11S-. The number of aliphatic hydroxyl groups is 4. The zero-order valence-electron chi connectivity index (χ0n) is 33.0. The second kappa shape index (κ2) is 32.0. The first-order valence-electron chi connectivity index (χ1n) is 21.1. The number of ether oxygens (including phenoxy) is 2. The number of aliphatic hydroxyl groups excluding tert-OH is 4. The summed E-state index contributed by atoms with van der Waals surface area (Å²) in [5.74, 6) is -0.257. The van der Waals surface area contributed by atoms with E-state index >= 15 is 0 Å². The summed E-state index contributed by atoms with van der Waals surface area (Å²) in [5.41, 5.74) is 0. The van der Waals surface area contributed by atoms with Gasteiger partial charge in [0.25, 0.3) is 0 Å². The maximum Gasteiger partial charge on any atom is 0.220 e. The first kappa shape index (κ1) is 49.9. The van der Waals surface area contributed by atoms with Gasteiger partial charge < -0.3 is 39.8 Å².